The van der Waals surface area contributed by atoms with E-state index < -0.39 is 0 Å². The number of rotatable bonds is 4. The van der Waals surface area contributed by atoms with Gasteiger partial charge < -0.3 is 14.6 Å². The molecule has 6 nitrogen and oxygen atoms in total. The number of aromatic nitrogens is 2. The summed E-state index contributed by atoms with van der Waals surface area (Å²) in [6.45, 7) is 3.79. The summed E-state index contributed by atoms with van der Waals surface area (Å²) in [6, 6.07) is 0.551. The van der Waals surface area contributed by atoms with Crippen LogP contribution in [0.1, 0.15) is 56.2 Å². The fourth-order valence-corrected chi connectivity index (χ4v) is 3.79. The first kappa shape index (κ1) is 19.9. The predicted molar refractivity (Wildman–Crippen MR) is 96.0 cm³/mol. The van der Waals surface area contributed by atoms with Gasteiger partial charge in [0.05, 0.1) is 12.1 Å². The Balaban J connectivity index is 0.00000104. The Morgan fingerprint density at radius 1 is 1.21 bits per heavy atom. The minimum absolute atomic E-state index is 0. The van der Waals surface area contributed by atoms with Gasteiger partial charge in [-0.1, -0.05) is 5.16 Å². The SMILES string of the molecule is CN(Cc1noc(C2CC2)n1)C1CCOC2(CCNCC2)C1.Cl.Cl. The van der Waals surface area contributed by atoms with Crippen molar-refractivity contribution in [3.05, 3.63) is 11.7 Å². The molecule has 0 amide bonds. The first-order valence-corrected chi connectivity index (χ1v) is 8.61. The summed E-state index contributed by atoms with van der Waals surface area (Å²) in [7, 11) is 2.18. The van der Waals surface area contributed by atoms with Crippen LogP contribution in [-0.4, -0.2) is 53.4 Å². The van der Waals surface area contributed by atoms with E-state index in [-0.39, 0.29) is 30.4 Å². The molecule has 4 rings (SSSR count). The second-order valence-electron chi connectivity index (χ2n) is 7.17. The van der Waals surface area contributed by atoms with Gasteiger partial charge in [-0.25, -0.2) is 0 Å². The quantitative estimate of drug-likeness (QED) is 0.868. The van der Waals surface area contributed by atoms with Crippen molar-refractivity contribution in [2.24, 2.45) is 0 Å². The maximum atomic E-state index is 6.16. The van der Waals surface area contributed by atoms with E-state index in [1.807, 2.05) is 0 Å². The standard InChI is InChI=1S/C16H26N4O2.2ClH/c1-20(11-14-18-15(22-19-14)12-2-3-12)13-4-9-21-16(10-13)5-7-17-8-6-16;;/h12-13,17H,2-11H2,1H3;2*1H. The number of hydrogen-bond donors (Lipinski definition) is 1. The molecule has 3 aliphatic rings. The van der Waals surface area contributed by atoms with Gasteiger partial charge in [-0.3, -0.25) is 4.90 Å². The van der Waals surface area contributed by atoms with Crippen LogP contribution in [-0.2, 0) is 11.3 Å². The third-order valence-corrected chi connectivity index (χ3v) is 5.41. The van der Waals surface area contributed by atoms with E-state index in [4.69, 9.17) is 9.26 Å². The number of nitrogens with one attached hydrogen (secondary N) is 1. The summed E-state index contributed by atoms with van der Waals surface area (Å²) in [5.74, 6) is 2.20. The molecule has 24 heavy (non-hydrogen) atoms. The molecular weight excluding hydrogens is 351 g/mol. The maximum Gasteiger partial charge on any atom is 0.229 e. The highest BCUT2D eigenvalue weighted by atomic mass is 35.5. The van der Waals surface area contributed by atoms with E-state index in [1.54, 1.807) is 0 Å². The molecule has 3 heterocycles. The van der Waals surface area contributed by atoms with Gasteiger partial charge in [-0.05, 0) is 58.7 Å². The van der Waals surface area contributed by atoms with Crippen LogP contribution >= 0.6 is 24.8 Å². The molecule has 1 aromatic heterocycles. The van der Waals surface area contributed by atoms with Crippen molar-refractivity contribution in [1.29, 1.82) is 0 Å². The lowest BCUT2D eigenvalue weighted by Gasteiger charge is -2.45. The van der Waals surface area contributed by atoms with Crippen LogP contribution in [0.15, 0.2) is 4.52 Å². The lowest BCUT2D eigenvalue weighted by molar-refractivity contribution is -0.119. The van der Waals surface area contributed by atoms with Gasteiger partial charge in [-0.15, -0.1) is 24.8 Å². The largest absolute Gasteiger partial charge is 0.375 e. The van der Waals surface area contributed by atoms with E-state index in [0.29, 0.717) is 12.0 Å². The molecule has 8 heteroatoms. The molecule has 2 aliphatic heterocycles. The minimum atomic E-state index is 0. The van der Waals surface area contributed by atoms with Gasteiger partial charge in [0.2, 0.25) is 5.89 Å². The van der Waals surface area contributed by atoms with Crippen molar-refractivity contribution in [1.82, 2.24) is 20.4 Å². The van der Waals surface area contributed by atoms with Crippen LogP contribution in [0.5, 0.6) is 0 Å². The molecule has 1 unspecified atom stereocenters. The molecule has 1 spiro atoms. The Kier molecular flexibility index (Phi) is 6.90. The Morgan fingerprint density at radius 3 is 2.67 bits per heavy atom. The number of ether oxygens (including phenoxy) is 1. The number of hydrogen-bond acceptors (Lipinski definition) is 6. The highest BCUT2D eigenvalue weighted by molar-refractivity contribution is 5.85. The first-order valence-electron chi connectivity index (χ1n) is 8.61. The summed E-state index contributed by atoms with van der Waals surface area (Å²) in [5, 5.41) is 7.58. The molecule has 0 aromatic carbocycles. The number of piperidine rings is 1. The zero-order valence-electron chi connectivity index (χ0n) is 14.2. The van der Waals surface area contributed by atoms with Gasteiger partial charge in [0.15, 0.2) is 5.82 Å². The molecule has 1 saturated carbocycles. The Labute approximate surface area is 155 Å². The fourth-order valence-electron chi connectivity index (χ4n) is 3.79. The van der Waals surface area contributed by atoms with Crippen LogP contribution in [0.4, 0.5) is 0 Å². The van der Waals surface area contributed by atoms with E-state index in [9.17, 15) is 0 Å². The van der Waals surface area contributed by atoms with Crippen molar-refractivity contribution in [2.75, 3.05) is 26.7 Å². The van der Waals surface area contributed by atoms with Crippen LogP contribution in [0.25, 0.3) is 0 Å². The fraction of sp³-hybridized carbons (Fsp3) is 0.875. The molecule has 2 saturated heterocycles. The predicted octanol–water partition coefficient (Wildman–Crippen LogP) is 2.52. The Bertz CT molecular complexity index is 512. The number of nitrogens with zero attached hydrogens (tertiary/aromatic N) is 3. The minimum Gasteiger partial charge on any atom is -0.375 e. The van der Waals surface area contributed by atoms with Crippen LogP contribution in [0, 0.1) is 0 Å². The zero-order valence-corrected chi connectivity index (χ0v) is 15.8. The van der Waals surface area contributed by atoms with Crippen LogP contribution < -0.4 is 5.32 Å². The third-order valence-electron chi connectivity index (χ3n) is 5.41. The molecule has 3 fully saturated rings. The van der Waals surface area contributed by atoms with Crippen LogP contribution in [0.2, 0.25) is 0 Å². The number of halogens is 2. The monoisotopic (exact) mass is 378 g/mol. The zero-order chi connectivity index (χ0) is 15.0. The lowest BCUT2D eigenvalue weighted by Crippen LogP contribution is -2.52. The second kappa shape index (κ2) is 8.32. The van der Waals surface area contributed by atoms with Crippen molar-refractivity contribution < 1.29 is 9.26 Å². The highest BCUT2D eigenvalue weighted by Crippen LogP contribution is 2.39. The molecule has 1 aromatic rings. The van der Waals surface area contributed by atoms with Gasteiger partial charge in [0, 0.05) is 18.6 Å². The van der Waals surface area contributed by atoms with Crippen molar-refractivity contribution in [3.8, 4) is 0 Å². The molecule has 1 atom stereocenters. The molecule has 1 N–H and O–H groups in total. The Hall–Kier alpha value is -0.400. The summed E-state index contributed by atoms with van der Waals surface area (Å²) >= 11 is 0. The van der Waals surface area contributed by atoms with E-state index in [2.05, 4.69) is 27.4 Å². The van der Waals surface area contributed by atoms with Gasteiger partial charge >= 0.3 is 0 Å². The normalized spacial score (nSPS) is 26.0. The van der Waals surface area contributed by atoms with E-state index in [1.165, 1.54) is 12.8 Å². The molecule has 0 radical (unpaired) electrons. The van der Waals surface area contributed by atoms with Crippen molar-refractivity contribution in [3.63, 3.8) is 0 Å². The molecular formula is C16H28Cl2N4O2. The van der Waals surface area contributed by atoms with E-state index >= 15 is 0 Å². The van der Waals surface area contributed by atoms with Gasteiger partial charge in [0.1, 0.15) is 0 Å². The smallest absolute Gasteiger partial charge is 0.229 e. The highest BCUT2D eigenvalue weighted by Gasteiger charge is 2.39. The Morgan fingerprint density at radius 2 is 1.96 bits per heavy atom. The van der Waals surface area contributed by atoms with Crippen LogP contribution in [0.3, 0.4) is 0 Å². The van der Waals surface area contributed by atoms with Crippen molar-refractivity contribution >= 4 is 24.8 Å². The maximum absolute atomic E-state index is 6.16. The van der Waals surface area contributed by atoms with E-state index in [0.717, 1.165) is 63.6 Å². The summed E-state index contributed by atoms with van der Waals surface area (Å²) < 4.78 is 11.5. The average Bonchev–Trinajstić information content (AvgIpc) is 3.28. The topological polar surface area (TPSA) is 63.4 Å². The first-order chi connectivity index (χ1) is 10.7. The third kappa shape index (κ3) is 4.41. The molecule has 138 valence electrons. The van der Waals surface area contributed by atoms with Gasteiger partial charge in [-0.2, -0.15) is 4.98 Å². The summed E-state index contributed by atoms with van der Waals surface area (Å²) in [6.07, 6.45) is 6.89. The molecule has 0 bridgehead atoms. The van der Waals surface area contributed by atoms with Gasteiger partial charge in [0.25, 0.3) is 0 Å². The second-order valence-corrected chi connectivity index (χ2v) is 7.17. The lowest BCUT2D eigenvalue weighted by atomic mass is 9.82. The van der Waals surface area contributed by atoms with Crippen molar-refractivity contribution in [2.45, 2.75) is 62.6 Å². The summed E-state index contributed by atoms with van der Waals surface area (Å²) in [5.41, 5.74) is 0.0961. The average molecular weight is 379 g/mol. The summed E-state index contributed by atoms with van der Waals surface area (Å²) in [4.78, 5) is 6.93. The molecule has 1 aliphatic carbocycles.